The predicted molar refractivity (Wildman–Crippen MR) is 106 cm³/mol. The summed E-state index contributed by atoms with van der Waals surface area (Å²) in [7, 11) is -0.976. The van der Waals surface area contributed by atoms with Crippen LogP contribution in [-0.2, 0) is 21.2 Å². The molecule has 1 aliphatic rings. The number of hydrogen-bond donors (Lipinski definition) is 1. The maximum Gasteiger partial charge on any atom is 0.242 e. The molecule has 2 aromatic rings. The number of sulfonamides is 1. The molecule has 0 aliphatic carbocycles. The summed E-state index contributed by atoms with van der Waals surface area (Å²) in [5.41, 5.74) is 1.94. The van der Waals surface area contributed by atoms with E-state index in [0.29, 0.717) is 11.5 Å². The maximum atomic E-state index is 12.8. The Morgan fingerprint density at radius 3 is 2.57 bits per heavy atom. The van der Waals surface area contributed by atoms with Gasteiger partial charge in [0.05, 0.1) is 25.7 Å². The van der Waals surface area contributed by atoms with Gasteiger partial charge in [0.2, 0.25) is 15.9 Å². The van der Waals surface area contributed by atoms with Crippen LogP contribution in [0.3, 0.4) is 0 Å². The van der Waals surface area contributed by atoms with Gasteiger partial charge in [-0.05, 0) is 43.5 Å². The van der Waals surface area contributed by atoms with Gasteiger partial charge in [-0.25, -0.2) is 13.1 Å². The van der Waals surface area contributed by atoms with Crippen molar-refractivity contribution in [3.05, 3.63) is 48.0 Å². The Kier molecular flexibility index (Phi) is 5.90. The van der Waals surface area contributed by atoms with Gasteiger partial charge in [-0.1, -0.05) is 18.2 Å². The Labute approximate surface area is 165 Å². The standard InChI is InChI=1S/C20H24N2O5S/c1-14-8-9-15-6-4-5-7-17(15)22(14)20(23)13-21-28(24,25)16-10-11-18(26-2)19(12-16)27-3/h4-7,10-12,14,21H,8-9,13H2,1-3H3/t14-/m1/s1. The zero-order valence-corrected chi connectivity index (χ0v) is 17.0. The number of fused-ring (bicyclic) bond motifs is 1. The molecule has 0 spiro atoms. The molecule has 0 aromatic heterocycles. The highest BCUT2D eigenvalue weighted by molar-refractivity contribution is 7.89. The van der Waals surface area contributed by atoms with E-state index in [2.05, 4.69) is 4.72 Å². The highest BCUT2D eigenvalue weighted by Crippen LogP contribution is 2.31. The van der Waals surface area contributed by atoms with Crippen molar-refractivity contribution in [1.29, 1.82) is 0 Å². The van der Waals surface area contributed by atoms with Gasteiger partial charge in [-0.15, -0.1) is 0 Å². The topological polar surface area (TPSA) is 84.9 Å². The Bertz CT molecular complexity index is 974. The van der Waals surface area contributed by atoms with Crippen LogP contribution >= 0.6 is 0 Å². The molecule has 3 rings (SSSR count). The Morgan fingerprint density at radius 2 is 1.86 bits per heavy atom. The van der Waals surface area contributed by atoms with Gasteiger partial charge < -0.3 is 14.4 Å². The van der Waals surface area contributed by atoms with Crippen molar-refractivity contribution in [3.63, 3.8) is 0 Å². The predicted octanol–water partition coefficient (Wildman–Crippen LogP) is 2.35. The largest absolute Gasteiger partial charge is 0.493 e. The lowest BCUT2D eigenvalue weighted by molar-refractivity contribution is -0.118. The molecular weight excluding hydrogens is 380 g/mol. The molecule has 150 valence electrons. The van der Waals surface area contributed by atoms with Crippen molar-refractivity contribution in [3.8, 4) is 11.5 Å². The minimum absolute atomic E-state index is 0.00467. The number of nitrogens with zero attached hydrogens (tertiary/aromatic N) is 1. The number of para-hydroxylation sites is 1. The number of anilines is 1. The number of amides is 1. The number of methoxy groups -OCH3 is 2. The number of hydrogen-bond acceptors (Lipinski definition) is 5. The third-order valence-corrected chi connectivity index (χ3v) is 6.27. The van der Waals surface area contributed by atoms with Crippen molar-refractivity contribution in [2.24, 2.45) is 0 Å². The lowest BCUT2D eigenvalue weighted by Gasteiger charge is -2.35. The van der Waals surface area contributed by atoms with E-state index in [-0.39, 0.29) is 23.4 Å². The van der Waals surface area contributed by atoms with Crippen LogP contribution in [0.15, 0.2) is 47.4 Å². The molecule has 1 amide bonds. The number of carbonyl (C=O) groups is 1. The number of benzene rings is 2. The Balaban J connectivity index is 1.77. The van der Waals surface area contributed by atoms with Crippen LogP contribution in [0.4, 0.5) is 5.69 Å². The molecular formula is C20H24N2O5S. The first kappa shape index (κ1) is 20.2. The van der Waals surface area contributed by atoms with Gasteiger partial charge in [0.25, 0.3) is 0 Å². The molecule has 0 saturated heterocycles. The summed E-state index contributed by atoms with van der Waals surface area (Å²) in [5, 5.41) is 0. The zero-order valence-electron chi connectivity index (χ0n) is 16.1. The fraction of sp³-hybridized carbons (Fsp3) is 0.350. The van der Waals surface area contributed by atoms with E-state index in [1.165, 1.54) is 32.4 Å². The summed E-state index contributed by atoms with van der Waals surface area (Å²) < 4.78 is 37.9. The first-order valence-electron chi connectivity index (χ1n) is 8.99. The molecule has 1 aliphatic heterocycles. The quantitative estimate of drug-likeness (QED) is 0.799. The normalized spacial score (nSPS) is 16.4. The van der Waals surface area contributed by atoms with E-state index in [1.807, 2.05) is 31.2 Å². The van der Waals surface area contributed by atoms with Crippen molar-refractivity contribution >= 4 is 21.6 Å². The Morgan fingerprint density at radius 1 is 1.14 bits per heavy atom. The molecule has 8 heteroatoms. The highest BCUT2D eigenvalue weighted by atomic mass is 32.2. The van der Waals surface area contributed by atoms with Crippen LogP contribution in [-0.4, -0.2) is 41.1 Å². The molecule has 2 aromatic carbocycles. The summed E-state index contributed by atoms with van der Waals surface area (Å²) in [4.78, 5) is 14.5. The van der Waals surface area contributed by atoms with E-state index in [0.717, 1.165) is 24.1 Å². The Hall–Kier alpha value is -2.58. The second kappa shape index (κ2) is 8.20. The number of aryl methyl sites for hydroxylation is 1. The molecule has 0 radical (unpaired) electrons. The van der Waals surface area contributed by atoms with Gasteiger partial charge in [0.1, 0.15) is 0 Å². The number of ether oxygens (including phenoxy) is 2. The van der Waals surface area contributed by atoms with Crippen molar-refractivity contribution in [2.75, 3.05) is 25.7 Å². The van der Waals surface area contributed by atoms with Crippen molar-refractivity contribution < 1.29 is 22.7 Å². The number of rotatable bonds is 6. The minimum atomic E-state index is -3.88. The SMILES string of the molecule is COc1ccc(S(=O)(=O)NCC(=O)N2c3ccccc3CC[C@H]2C)cc1OC. The lowest BCUT2D eigenvalue weighted by atomic mass is 9.96. The zero-order chi connectivity index (χ0) is 20.3. The summed E-state index contributed by atoms with van der Waals surface area (Å²) in [6.07, 6.45) is 1.74. The molecule has 0 fully saturated rings. The average Bonchev–Trinajstić information content (AvgIpc) is 2.71. The van der Waals surface area contributed by atoms with Crippen LogP contribution in [0, 0.1) is 0 Å². The van der Waals surface area contributed by atoms with E-state index in [4.69, 9.17) is 9.47 Å². The molecule has 0 unspecified atom stereocenters. The smallest absolute Gasteiger partial charge is 0.242 e. The summed E-state index contributed by atoms with van der Waals surface area (Å²) in [6.45, 7) is 1.64. The molecule has 1 heterocycles. The van der Waals surface area contributed by atoms with Crippen molar-refractivity contribution in [2.45, 2.75) is 30.7 Å². The van der Waals surface area contributed by atoms with Gasteiger partial charge in [-0.3, -0.25) is 4.79 Å². The van der Waals surface area contributed by atoms with E-state index in [9.17, 15) is 13.2 Å². The monoisotopic (exact) mass is 404 g/mol. The molecule has 0 saturated carbocycles. The van der Waals surface area contributed by atoms with E-state index in [1.54, 1.807) is 4.90 Å². The minimum Gasteiger partial charge on any atom is -0.493 e. The lowest BCUT2D eigenvalue weighted by Crippen LogP contribution is -2.47. The highest BCUT2D eigenvalue weighted by Gasteiger charge is 2.29. The van der Waals surface area contributed by atoms with Crippen LogP contribution < -0.4 is 19.1 Å². The number of nitrogens with one attached hydrogen (secondary N) is 1. The van der Waals surface area contributed by atoms with E-state index >= 15 is 0 Å². The van der Waals surface area contributed by atoms with Crippen LogP contribution in [0.25, 0.3) is 0 Å². The molecule has 1 N–H and O–H groups in total. The second-order valence-corrected chi connectivity index (χ2v) is 8.39. The first-order valence-corrected chi connectivity index (χ1v) is 10.5. The van der Waals surface area contributed by atoms with E-state index < -0.39 is 10.0 Å². The third-order valence-electron chi connectivity index (χ3n) is 4.87. The van der Waals surface area contributed by atoms with Gasteiger partial charge in [-0.2, -0.15) is 0 Å². The first-order chi connectivity index (χ1) is 13.4. The summed E-state index contributed by atoms with van der Waals surface area (Å²) in [5.74, 6) is 0.440. The van der Waals surface area contributed by atoms with Crippen LogP contribution in [0.2, 0.25) is 0 Å². The van der Waals surface area contributed by atoms with Gasteiger partial charge >= 0.3 is 0 Å². The third kappa shape index (κ3) is 3.98. The average molecular weight is 404 g/mol. The van der Waals surface area contributed by atoms with Crippen molar-refractivity contribution in [1.82, 2.24) is 4.72 Å². The van der Waals surface area contributed by atoms with Gasteiger partial charge in [0, 0.05) is 17.8 Å². The fourth-order valence-electron chi connectivity index (χ4n) is 3.38. The number of carbonyl (C=O) groups excluding carboxylic acids is 1. The van der Waals surface area contributed by atoms with Crippen LogP contribution in [0.1, 0.15) is 18.9 Å². The maximum absolute atomic E-state index is 12.8. The molecule has 0 bridgehead atoms. The van der Waals surface area contributed by atoms with Gasteiger partial charge in [0.15, 0.2) is 11.5 Å². The summed E-state index contributed by atoms with van der Waals surface area (Å²) in [6, 6.07) is 12.0. The summed E-state index contributed by atoms with van der Waals surface area (Å²) >= 11 is 0. The molecule has 1 atom stereocenters. The fourth-order valence-corrected chi connectivity index (χ4v) is 4.37. The second-order valence-electron chi connectivity index (χ2n) is 6.62. The molecule has 7 nitrogen and oxygen atoms in total. The van der Waals surface area contributed by atoms with Crippen LogP contribution in [0.5, 0.6) is 11.5 Å². The molecule has 28 heavy (non-hydrogen) atoms.